The van der Waals surface area contributed by atoms with Gasteiger partial charge in [-0.1, -0.05) is 30.3 Å². The van der Waals surface area contributed by atoms with Crippen molar-refractivity contribution in [2.24, 2.45) is 0 Å². The van der Waals surface area contributed by atoms with Gasteiger partial charge in [0.25, 0.3) is 0 Å². The number of benzene rings is 1. The van der Waals surface area contributed by atoms with Gasteiger partial charge < -0.3 is 14.8 Å². The number of morpholine rings is 1. The lowest BCUT2D eigenvalue weighted by Gasteiger charge is -2.39. The summed E-state index contributed by atoms with van der Waals surface area (Å²) in [6.45, 7) is 4.91. The van der Waals surface area contributed by atoms with Gasteiger partial charge in [0, 0.05) is 6.54 Å². The summed E-state index contributed by atoms with van der Waals surface area (Å²) in [5.41, 5.74) is 3.52. The van der Waals surface area contributed by atoms with Crippen LogP contribution in [-0.4, -0.2) is 62.4 Å². The van der Waals surface area contributed by atoms with E-state index in [0.717, 1.165) is 31.5 Å². The molecule has 2 fully saturated rings. The highest BCUT2D eigenvalue weighted by atomic mass is 35.5. The molecule has 2 aliphatic heterocycles. The molecule has 2 aliphatic rings. The number of carbonyl (C=O) groups excluding carboxylic acids is 2. The molecule has 150 valence electrons. The average Bonchev–Trinajstić information content (AvgIpc) is 2.69. The summed E-state index contributed by atoms with van der Waals surface area (Å²) in [6.07, 6.45) is 0.827. The van der Waals surface area contributed by atoms with Gasteiger partial charge in [-0.25, -0.2) is 9.80 Å². The van der Waals surface area contributed by atoms with Crippen molar-refractivity contribution in [1.82, 2.24) is 15.8 Å². The van der Waals surface area contributed by atoms with E-state index in [9.17, 15) is 9.59 Å². The monoisotopic (exact) mass is 397 g/mol. The molecule has 1 aromatic carbocycles. The summed E-state index contributed by atoms with van der Waals surface area (Å²) in [5, 5.41) is 5.11. The maximum absolute atomic E-state index is 13.3. The highest BCUT2D eigenvalue weighted by molar-refractivity contribution is 5.88. The zero-order chi connectivity index (χ0) is 18.4. The molecule has 2 N–H and O–H groups in total. The second-order valence-electron chi connectivity index (χ2n) is 6.70. The Hall–Kier alpha value is -1.67. The quantitative estimate of drug-likeness (QED) is 0.722. The third-order valence-corrected chi connectivity index (χ3v) is 5.09. The third kappa shape index (κ3) is 4.99. The molecule has 0 spiro atoms. The molecular weight excluding hydrogens is 370 g/mol. The van der Waals surface area contributed by atoms with E-state index < -0.39 is 11.5 Å². The first-order valence-electron chi connectivity index (χ1n) is 9.26. The minimum absolute atomic E-state index is 0. The number of hydrogen-bond acceptors (Lipinski definition) is 6. The molecule has 7 nitrogen and oxygen atoms in total. The number of hydrogen-bond donors (Lipinski definition) is 2. The van der Waals surface area contributed by atoms with Gasteiger partial charge in [0.1, 0.15) is 0 Å². The van der Waals surface area contributed by atoms with E-state index >= 15 is 0 Å². The molecule has 8 heteroatoms. The zero-order valence-corrected chi connectivity index (χ0v) is 16.4. The number of nitrogens with one attached hydrogen (secondary N) is 2. The van der Waals surface area contributed by atoms with E-state index in [1.165, 1.54) is 0 Å². The minimum Gasteiger partial charge on any atom is -0.464 e. The molecule has 1 aromatic rings. The Kier molecular flexibility index (Phi) is 8.04. The van der Waals surface area contributed by atoms with Crippen LogP contribution in [0.5, 0.6) is 0 Å². The molecule has 0 bridgehead atoms. The van der Waals surface area contributed by atoms with Gasteiger partial charge in [-0.3, -0.25) is 10.2 Å². The van der Waals surface area contributed by atoms with Gasteiger partial charge in [0.2, 0.25) is 5.91 Å². The minimum atomic E-state index is -0.662. The fourth-order valence-electron chi connectivity index (χ4n) is 3.64. The van der Waals surface area contributed by atoms with Crippen LogP contribution in [0.25, 0.3) is 0 Å². The fourth-order valence-corrected chi connectivity index (χ4v) is 3.64. The summed E-state index contributed by atoms with van der Waals surface area (Å²) in [5.74, 6) is -0.402. The number of hydrazine groups is 1. The van der Waals surface area contributed by atoms with Crippen LogP contribution in [0.15, 0.2) is 30.3 Å². The normalized spacial score (nSPS) is 22.3. The highest BCUT2D eigenvalue weighted by Gasteiger charge is 2.42. The number of amides is 1. The Labute approximate surface area is 166 Å². The molecular formula is C19H28ClN3O4. The maximum atomic E-state index is 13.3. The largest absolute Gasteiger partial charge is 0.464 e. The lowest BCUT2D eigenvalue weighted by atomic mass is 9.72. The van der Waals surface area contributed by atoms with E-state index in [2.05, 4.69) is 10.7 Å². The van der Waals surface area contributed by atoms with Crippen LogP contribution >= 0.6 is 12.4 Å². The van der Waals surface area contributed by atoms with Crippen LogP contribution in [-0.2, 0) is 24.5 Å². The number of carbonyl (C=O) groups is 2. The van der Waals surface area contributed by atoms with E-state index in [4.69, 9.17) is 9.47 Å². The lowest BCUT2D eigenvalue weighted by molar-refractivity contribution is -0.165. The Morgan fingerprint density at radius 3 is 2.67 bits per heavy atom. The lowest BCUT2D eigenvalue weighted by Crippen LogP contribution is -2.59. The second-order valence-corrected chi connectivity index (χ2v) is 6.70. The van der Waals surface area contributed by atoms with Crippen molar-refractivity contribution in [3.05, 3.63) is 35.9 Å². The fraction of sp³-hybridized carbons (Fsp3) is 0.579. The van der Waals surface area contributed by atoms with Crippen LogP contribution in [0.4, 0.5) is 0 Å². The molecule has 2 heterocycles. The Morgan fingerprint density at radius 2 is 2.00 bits per heavy atom. The summed E-state index contributed by atoms with van der Waals surface area (Å²) < 4.78 is 10.5. The molecule has 1 atom stereocenters. The van der Waals surface area contributed by atoms with Crippen LogP contribution in [0.2, 0.25) is 0 Å². The maximum Gasteiger partial charge on any atom is 0.336 e. The van der Waals surface area contributed by atoms with Crippen molar-refractivity contribution in [3.63, 3.8) is 0 Å². The van der Waals surface area contributed by atoms with Gasteiger partial charge in [0.05, 0.1) is 25.2 Å². The number of rotatable bonds is 5. The summed E-state index contributed by atoms with van der Waals surface area (Å²) in [4.78, 5) is 25.2. The molecule has 2 saturated heterocycles. The topological polar surface area (TPSA) is 79.9 Å². The van der Waals surface area contributed by atoms with Crippen LogP contribution in [0.3, 0.4) is 0 Å². The SMILES string of the molecule is CCOC(=O)C1CN(NC(=O)C2(c3ccccc3)CCNCC2)CCO1.Cl. The first kappa shape index (κ1) is 21.6. The van der Waals surface area contributed by atoms with E-state index in [0.29, 0.717) is 26.3 Å². The van der Waals surface area contributed by atoms with Crippen LogP contribution in [0, 0.1) is 0 Å². The number of nitrogens with zero attached hydrogens (tertiary/aromatic N) is 1. The molecule has 1 amide bonds. The van der Waals surface area contributed by atoms with Gasteiger partial charge in [-0.05, 0) is 38.4 Å². The number of ether oxygens (including phenoxy) is 2. The second kappa shape index (κ2) is 10.0. The molecule has 3 rings (SSSR count). The van der Waals surface area contributed by atoms with Crippen molar-refractivity contribution >= 4 is 24.3 Å². The predicted octanol–water partition coefficient (Wildman–Crippen LogP) is 1.02. The van der Waals surface area contributed by atoms with Gasteiger partial charge in [-0.2, -0.15) is 0 Å². The summed E-state index contributed by atoms with van der Waals surface area (Å²) >= 11 is 0. The van der Waals surface area contributed by atoms with Crippen molar-refractivity contribution in [1.29, 1.82) is 0 Å². The van der Waals surface area contributed by atoms with Crippen molar-refractivity contribution in [2.75, 3.05) is 39.4 Å². The predicted molar refractivity (Wildman–Crippen MR) is 104 cm³/mol. The smallest absolute Gasteiger partial charge is 0.336 e. The average molecular weight is 398 g/mol. The third-order valence-electron chi connectivity index (χ3n) is 5.09. The Balaban J connectivity index is 0.00000261. The van der Waals surface area contributed by atoms with Gasteiger partial charge in [-0.15, -0.1) is 12.4 Å². The molecule has 1 unspecified atom stereocenters. The zero-order valence-electron chi connectivity index (χ0n) is 15.6. The van der Waals surface area contributed by atoms with Gasteiger partial charge in [0.15, 0.2) is 6.10 Å². The molecule has 27 heavy (non-hydrogen) atoms. The van der Waals surface area contributed by atoms with Crippen LogP contribution in [0.1, 0.15) is 25.3 Å². The first-order chi connectivity index (χ1) is 12.7. The molecule has 0 aliphatic carbocycles. The molecule has 0 radical (unpaired) electrons. The Bertz CT molecular complexity index is 623. The van der Waals surface area contributed by atoms with Crippen LogP contribution < -0.4 is 10.7 Å². The van der Waals surface area contributed by atoms with E-state index in [1.54, 1.807) is 11.9 Å². The molecule has 0 saturated carbocycles. The van der Waals surface area contributed by atoms with Crippen molar-refractivity contribution in [2.45, 2.75) is 31.3 Å². The van der Waals surface area contributed by atoms with Crippen molar-refractivity contribution in [3.8, 4) is 0 Å². The van der Waals surface area contributed by atoms with E-state index in [1.807, 2.05) is 30.3 Å². The van der Waals surface area contributed by atoms with E-state index in [-0.39, 0.29) is 24.3 Å². The number of piperidine rings is 1. The highest BCUT2D eigenvalue weighted by Crippen LogP contribution is 2.33. The standard InChI is InChI=1S/C19H27N3O4.ClH/c1-2-25-17(23)16-14-22(12-13-26-16)21-18(24)19(8-10-20-11-9-19)15-6-4-3-5-7-15;/h3-7,16,20H,2,8-14H2,1H3,(H,21,24);1H. The summed E-state index contributed by atoms with van der Waals surface area (Å²) in [6, 6.07) is 9.94. The van der Waals surface area contributed by atoms with Gasteiger partial charge >= 0.3 is 5.97 Å². The summed E-state index contributed by atoms with van der Waals surface area (Å²) in [7, 11) is 0. The van der Waals surface area contributed by atoms with Crippen molar-refractivity contribution < 1.29 is 19.1 Å². The Morgan fingerprint density at radius 1 is 1.30 bits per heavy atom. The number of esters is 1. The number of halogens is 1. The first-order valence-corrected chi connectivity index (χ1v) is 9.26. The molecule has 0 aromatic heterocycles.